The molecule has 0 aromatic heterocycles. The van der Waals surface area contributed by atoms with E-state index < -0.39 is 28.0 Å². The molecule has 0 unspecified atom stereocenters. The zero-order valence-electron chi connectivity index (χ0n) is 17.5. The van der Waals surface area contributed by atoms with Crippen molar-refractivity contribution >= 4 is 50.8 Å². The zero-order chi connectivity index (χ0) is 23.3. The highest BCUT2D eigenvalue weighted by molar-refractivity contribution is 7.89. The van der Waals surface area contributed by atoms with Crippen LogP contribution in [-0.2, 0) is 19.6 Å². The van der Waals surface area contributed by atoms with Crippen LogP contribution < -0.4 is 5.32 Å². The maximum Gasteiger partial charge on any atom is 0.338 e. The number of nitrogens with one attached hydrogen (secondary N) is 1. The molecule has 1 heterocycles. The van der Waals surface area contributed by atoms with Crippen molar-refractivity contribution in [3.8, 4) is 0 Å². The number of halogens is 2. The number of amides is 1. The van der Waals surface area contributed by atoms with Crippen LogP contribution in [0.15, 0.2) is 47.4 Å². The molecule has 0 saturated carbocycles. The Labute approximate surface area is 197 Å². The molecule has 1 N–H and O–H groups in total. The number of rotatable bonds is 6. The molecule has 2 aromatic carbocycles. The number of benzene rings is 2. The number of ether oxygens (including phenoxy) is 1. The largest absolute Gasteiger partial charge is 0.449 e. The predicted molar refractivity (Wildman–Crippen MR) is 124 cm³/mol. The number of hydrogen-bond donors (Lipinski definition) is 1. The fourth-order valence-electron chi connectivity index (χ4n) is 3.32. The highest BCUT2D eigenvalue weighted by atomic mass is 35.5. The number of anilines is 1. The number of carbonyl (C=O) groups excluding carboxylic acids is 2. The Bertz CT molecular complexity index is 1100. The second-order valence-electron chi connectivity index (χ2n) is 7.51. The lowest BCUT2D eigenvalue weighted by Gasteiger charge is -2.20. The van der Waals surface area contributed by atoms with Crippen LogP contribution in [0.5, 0.6) is 0 Å². The number of nitrogens with zero attached hydrogens (tertiary/aromatic N) is 1. The van der Waals surface area contributed by atoms with Crippen molar-refractivity contribution in [3.63, 3.8) is 0 Å². The zero-order valence-corrected chi connectivity index (χ0v) is 19.8. The highest BCUT2D eigenvalue weighted by Gasteiger charge is 2.27. The lowest BCUT2D eigenvalue weighted by Crippen LogP contribution is -2.32. The van der Waals surface area contributed by atoms with Gasteiger partial charge >= 0.3 is 5.97 Å². The summed E-state index contributed by atoms with van der Waals surface area (Å²) in [5.74, 6) is -1.39. The van der Waals surface area contributed by atoms with Crippen LogP contribution in [-0.4, -0.2) is 43.8 Å². The van der Waals surface area contributed by atoms with Gasteiger partial charge in [0.15, 0.2) is 6.10 Å². The first kappa shape index (κ1) is 24.5. The number of sulfonamides is 1. The standard InChI is InChI=1S/C22H24Cl2N2O5S/c1-15(21(27)25-20-10-9-17(23)14-19(20)24)31-22(28)16-7-6-8-18(13-16)32(29,30)26-11-4-2-3-5-12-26/h6-10,13-15H,2-5,11-12H2,1H3,(H,25,27)/t15-/m1/s1. The van der Waals surface area contributed by atoms with E-state index in [1.54, 1.807) is 6.07 Å². The molecular formula is C22H24Cl2N2O5S. The summed E-state index contributed by atoms with van der Waals surface area (Å²) in [4.78, 5) is 25.0. The number of hydrogen-bond acceptors (Lipinski definition) is 5. The molecule has 1 atom stereocenters. The van der Waals surface area contributed by atoms with Gasteiger partial charge in [0.1, 0.15) is 0 Å². The molecular weight excluding hydrogens is 475 g/mol. The van der Waals surface area contributed by atoms with E-state index in [-0.39, 0.29) is 15.5 Å². The van der Waals surface area contributed by atoms with E-state index in [9.17, 15) is 18.0 Å². The fourth-order valence-corrected chi connectivity index (χ4v) is 5.34. The highest BCUT2D eigenvalue weighted by Crippen LogP contribution is 2.26. The average Bonchev–Trinajstić information content (AvgIpc) is 3.06. The van der Waals surface area contributed by atoms with Crippen LogP contribution in [0.3, 0.4) is 0 Å². The Morgan fingerprint density at radius 1 is 1.03 bits per heavy atom. The van der Waals surface area contributed by atoms with Gasteiger partial charge < -0.3 is 10.1 Å². The van der Waals surface area contributed by atoms with Crippen molar-refractivity contribution in [1.82, 2.24) is 4.31 Å². The molecule has 0 spiro atoms. The molecule has 0 bridgehead atoms. The minimum atomic E-state index is -3.71. The van der Waals surface area contributed by atoms with E-state index in [0.717, 1.165) is 25.7 Å². The second kappa shape index (κ2) is 10.7. The Morgan fingerprint density at radius 3 is 2.38 bits per heavy atom. The van der Waals surface area contributed by atoms with E-state index >= 15 is 0 Å². The van der Waals surface area contributed by atoms with Crippen molar-refractivity contribution in [1.29, 1.82) is 0 Å². The molecule has 1 amide bonds. The monoisotopic (exact) mass is 498 g/mol. The molecule has 1 fully saturated rings. The summed E-state index contributed by atoms with van der Waals surface area (Å²) in [5.41, 5.74) is 0.375. The molecule has 0 radical (unpaired) electrons. The minimum Gasteiger partial charge on any atom is -0.449 e. The lowest BCUT2D eigenvalue weighted by atomic mass is 10.2. The summed E-state index contributed by atoms with van der Waals surface area (Å²) >= 11 is 11.9. The first-order valence-electron chi connectivity index (χ1n) is 10.3. The second-order valence-corrected chi connectivity index (χ2v) is 10.3. The van der Waals surface area contributed by atoms with Crippen LogP contribution in [0.1, 0.15) is 43.0 Å². The summed E-state index contributed by atoms with van der Waals surface area (Å²) in [6.45, 7) is 2.33. The summed E-state index contributed by atoms with van der Waals surface area (Å²) < 4.78 is 32.7. The third-order valence-corrected chi connectivity index (χ3v) is 7.56. The van der Waals surface area contributed by atoms with Crippen molar-refractivity contribution in [2.45, 2.75) is 43.6 Å². The topological polar surface area (TPSA) is 92.8 Å². The molecule has 7 nitrogen and oxygen atoms in total. The van der Waals surface area contributed by atoms with Gasteiger partial charge in [-0.1, -0.05) is 42.1 Å². The Morgan fingerprint density at radius 2 is 1.72 bits per heavy atom. The Kier molecular flexibility index (Phi) is 8.16. The van der Waals surface area contributed by atoms with Gasteiger partial charge in [-0.25, -0.2) is 13.2 Å². The van der Waals surface area contributed by atoms with Crippen LogP contribution >= 0.6 is 23.2 Å². The predicted octanol–water partition coefficient (Wildman–Crippen LogP) is 4.74. The van der Waals surface area contributed by atoms with Crippen molar-refractivity contribution in [3.05, 3.63) is 58.1 Å². The molecule has 32 heavy (non-hydrogen) atoms. The van der Waals surface area contributed by atoms with Crippen molar-refractivity contribution < 1.29 is 22.7 Å². The van der Waals surface area contributed by atoms with Gasteiger partial charge in [0, 0.05) is 18.1 Å². The van der Waals surface area contributed by atoms with Gasteiger partial charge in [-0.3, -0.25) is 4.79 Å². The van der Waals surface area contributed by atoms with Crippen LogP contribution in [0, 0.1) is 0 Å². The maximum atomic E-state index is 13.0. The minimum absolute atomic E-state index is 0.0268. The Hall–Kier alpha value is -2.13. The van der Waals surface area contributed by atoms with Crippen molar-refractivity contribution in [2.75, 3.05) is 18.4 Å². The van der Waals surface area contributed by atoms with Crippen molar-refractivity contribution in [2.24, 2.45) is 0 Å². The lowest BCUT2D eigenvalue weighted by molar-refractivity contribution is -0.123. The van der Waals surface area contributed by atoms with Crippen LogP contribution in [0.4, 0.5) is 5.69 Å². The Balaban J connectivity index is 1.69. The van der Waals surface area contributed by atoms with Gasteiger partial charge in [0.2, 0.25) is 10.0 Å². The summed E-state index contributed by atoms with van der Waals surface area (Å²) in [5, 5.41) is 3.23. The molecule has 1 aliphatic rings. The molecule has 3 rings (SSSR count). The van der Waals surface area contributed by atoms with E-state index in [2.05, 4.69) is 5.32 Å². The smallest absolute Gasteiger partial charge is 0.338 e. The maximum absolute atomic E-state index is 13.0. The van der Waals surface area contributed by atoms with Crippen LogP contribution in [0.25, 0.3) is 0 Å². The van der Waals surface area contributed by atoms with Gasteiger partial charge in [-0.2, -0.15) is 4.31 Å². The fraction of sp³-hybridized carbons (Fsp3) is 0.364. The molecule has 10 heteroatoms. The van der Waals surface area contributed by atoms with Gasteiger partial charge in [0.25, 0.3) is 5.91 Å². The summed E-state index contributed by atoms with van der Waals surface area (Å²) in [7, 11) is -3.71. The number of carbonyl (C=O) groups is 2. The summed E-state index contributed by atoms with van der Waals surface area (Å²) in [6.07, 6.45) is 2.48. The van der Waals surface area contributed by atoms with Gasteiger partial charge in [-0.15, -0.1) is 0 Å². The third-order valence-electron chi connectivity index (χ3n) is 5.11. The van der Waals surface area contributed by atoms with E-state index in [4.69, 9.17) is 27.9 Å². The first-order valence-corrected chi connectivity index (χ1v) is 12.4. The van der Waals surface area contributed by atoms with Gasteiger partial charge in [0.05, 0.1) is 21.2 Å². The van der Waals surface area contributed by atoms with E-state index in [1.165, 1.54) is 47.6 Å². The van der Waals surface area contributed by atoms with Crippen LogP contribution in [0.2, 0.25) is 10.0 Å². The average molecular weight is 499 g/mol. The third kappa shape index (κ3) is 6.01. The SMILES string of the molecule is C[C@@H](OC(=O)c1cccc(S(=O)(=O)N2CCCCCC2)c1)C(=O)Nc1ccc(Cl)cc1Cl. The first-order chi connectivity index (χ1) is 15.2. The summed E-state index contributed by atoms with van der Waals surface area (Å²) in [6, 6.07) is 10.2. The molecule has 1 saturated heterocycles. The number of esters is 1. The quantitative estimate of drug-likeness (QED) is 0.580. The molecule has 172 valence electrons. The van der Waals surface area contributed by atoms with E-state index in [0.29, 0.717) is 23.8 Å². The molecule has 0 aliphatic carbocycles. The normalized spacial score (nSPS) is 16.1. The van der Waals surface area contributed by atoms with Gasteiger partial charge in [-0.05, 0) is 56.2 Å². The molecule has 2 aromatic rings. The molecule has 1 aliphatic heterocycles. The van der Waals surface area contributed by atoms with E-state index in [1.807, 2.05) is 0 Å².